The molecule has 1 aliphatic carbocycles. The maximum absolute atomic E-state index is 12.1. The third-order valence-electron chi connectivity index (χ3n) is 4.75. The molecule has 0 aromatic carbocycles. The highest BCUT2D eigenvalue weighted by atomic mass is 35.5. The van der Waals surface area contributed by atoms with Crippen LogP contribution in [0.4, 0.5) is 5.82 Å². The minimum absolute atomic E-state index is 0.128. The minimum atomic E-state index is -0.128. The van der Waals surface area contributed by atoms with Crippen LogP contribution in [0.3, 0.4) is 0 Å². The molecule has 2 heterocycles. The van der Waals surface area contributed by atoms with Crippen molar-refractivity contribution in [2.45, 2.75) is 50.1 Å². The van der Waals surface area contributed by atoms with Gasteiger partial charge in [-0.2, -0.15) is 0 Å². The zero-order valence-electron chi connectivity index (χ0n) is 14.9. The van der Waals surface area contributed by atoms with Crippen LogP contribution >= 0.6 is 23.4 Å². The Kier molecular flexibility index (Phi) is 6.91. The zero-order chi connectivity index (χ0) is 18.4. The standard InChI is InChI=1S/C18H24ClN5OS/c1-24-16(10-7-13-5-3-2-4-6-13)22-23-18(24)26-12-17(25)21-15-9-8-14(19)11-20-15/h8-9,11,13H,2-7,10,12H2,1H3,(H,20,21,25). The second-order valence-corrected chi connectivity index (χ2v) is 8.08. The number of amides is 1. The van der Waals surface area contributed by atoms with E-state index in [-0.39, 0.29) is 11.7 Å². The Morgan fingerprint density at radius 1 is 1.31 bits per heavy atom. The lowest BCUT2D eigenvalue weighted by atomic mass is 9.86. The number of pyridine rings is 1. The molecule has 0 radical (unpaired) electrons. The summed E-state index contributed by atoms with van der Waals surface area (Å²) in [6.45, 7) is 0. The predicted molar refractivity (Wildman–Crippen MR) is 104 cm³/mol. The van der Waals surface area contributed by atoms with Gasteiger partial charge in [-0.3, -0.25) is 4.79 Å². The number of halogens is 1. The number of carbonyl (C=O) groups excluding carboxylic acids is 1. The molecule has 3 rings (SSSR count). The topological polar surface area (TPSA) is 72.7 Å². The Morgan fingerprint density at radius 2 is 2.12 bits per heavy atom. The first-order valence-corrected chi connectivity index (χ1v) is 10.4. The lowest BCUT2D eigenvalue weighted by Crippen LogP contribution is -2.15. The van der Waals surface area contributed by atoms with Crippen molar-refractivity contribution in [3.63, 3.8) is 0 Å². The van der Waals surface area contributed by atoms with Gasteiger partial charge in [0.2, 0.25) is 5.91 Å². The van der Waals surface area contributed by atoms with Gasteiger partial charge in [0.15, 0.2) is 5.16 Å². The van der Waals surface area contributed by atoms with Crippen molar-refractivity contribution in [1.82, 2.24) is 19.7 Å². The van der Waals surface area contributed by atoms with E-state index in [1.54, 1.807) is 12.1 Å². The molecule has 1 saturated carbocycles. The monoisotopic (exact) mass is 393 g/mol. The first-order chi connectivity index (χ1) is 12.6. The third-order valence-corrected chi connectivity index (χ3v) is 6.00. The highest BCUT2D eigenvalue weighted by Crippen LogP contribution is 2.27. The average Bonchev–Trinajstić information content (AvgIpc) is 3.01. The SMILES string of the molecule is Cn1c(CCC2CCCCC2)nnc1SCC(=O)Nc1ccc(Cl)cn1. The van der Waals surface area contributed by atoms with Gasteiger partial charge in [-0.05, 0) is 24.5 Å². The Balaban J connectivity index is 1.46. The second-order valence-electron chi connectivity index (χ2n) is 6.70. The van der Waals surface area contributed by atoms with E-state index in [1.165, 1.54) is 56.5 Å². The molecular formula is C18H24ClN5OS. The summed E-state index contributed by atoms with van der Waals surface area (Å²) in [7, 11) is 1.97. The maximum atomic E-state index is 12.1. The van der Waals surface area contributed by atoms with Crippen LogP contribution in [-0.2, 0) is 18.3 Å². The largest absolute Gasteiger partial charge is 0.310 e. The predicted octanol–water partition coefficient (Wildman–Crippen LogP) is 4.11. The molecule has 0 atom stereocenters. The smallest absolute Gasteiger partial charge is 0.236 e. The molecule has 1 N–H and O–H groups in total. The fraction of sp³-hybridized carbons (Fsp3) is 0.556. The molecule has 0 aliphatic heterocycles. The van der Waals surface area contributed by atoms with Crippen molar-refractivity contribution in [1.29, 1.82) is 0 Å². The molecule has 1 amide bonds. The molecule has 0 spiro atoms. The summed E-state index contributed by atoms with van der Waals surface area (Å²) in [6, 6.07) is 3.37. The van der Waals surface area contributed by atoms with E-state index in [2.05, 4.69) is 20.5 Å². The summed E-state index contributed by atoms with van der Waals surface area (Å²) in [5.41, 5.74) is 0. The fourth-order valence-corrected chi connectivity index (χ4v) is 4.10. The number of hydrogen-bond acceptors (Lipinski definition) is 5. The molecule has 140 valence electrons. The van der Waals surface area contributed by atoms with Crippen molar-refractivity contribution in [2.75, 3.05) is 11.1 Å². The molecule has 26 heavy (non-hydrogen) atoms. The summed E-state index contributed by atoms with van der Waals surface area (Å²) in [5.74, 6) is 2.45. The average molecular weight is 394 g/mol. The van der Waals surface area contributed by atoms with Crippen LogP contribution in [0.25, 0.3) is 0 Å². The van der Waals surface area contributed by atoms with E-state index in [4.69, 9.17) is 11.6 Å². The molecular weight excluding hydrogens is 370 g/mol. The maximum Gasteiger partial charge on any atom is 0.236 e. The van der Waals surface area contributed by atoms with Crippen molar-refractivity contribution in [2.24, 2.45) is 13.0 Å². The number of nitrogens with zero attached hydrogens (tertiary/aromatic N) is 4. The van der Waals surface area contributed by atoms with Gasteiger partial charge in [0.25, 0.3) is 0 Å². The van der Waals surface area contributed by atoms with Crippen LogP contribution in [-0.4, -0.2) is 31.4 Å². The van der Waals surface area contributed by atoms with Crippen LogP contribution in [0.5, 0.6) is 0 Å². The van der Waals surface area contributed by atoms with Crippen LogP contribution in [0.1, 0.15) is 44.3 Å². The van der Waals surface area contributed by atoms with Gasteiger partial charge in [-0.25, -0.2) is 4.98 Å². The summed E-state index contributed by atoms with van der Waals surface area (Å²) in [6.07, 6.45) is 10.4. The van der Waals surface area contributed by atoms with Gasteiger partial charge < -0.3 is 9.88 Å². The van der Waals surface area contributed by atoms with Gasteiger partial charge in [-0.1, -0.05) is 55.5 Å². The van der Waals surface area contributed by atoms with Crippen molar-refractivity contribution in [3.05, 3.63) is 29.2 Å². The van der Waals surface area contributed by atoms with Gasteiger partial charge >= 0.3 is 0 Å². The van der Waals surface area contributed by atoms with E-state index in [0.717, 1.165) is 23.3 Å². The molecule has 1 aliphatic rings. The minimum Gasteiger partial charge on any atom is -0.310 e. The van der Waals surface area contributed by atoms with Gasteiger partial charge in [0.1, 0.15) is 11.6 Å². The second kappa shape index (κ2) is 9.37. The number of nitrogens with one attached hydrogen (secondary N) is 1. The molecule has 0 bridgehead atoms. The Labute approximate surface area is 163 Å². The number of aromatic nitrogens is 4. The number of hydrogen-bond donors (Lipinski definition) is 1. The molecule has 0 unspecified atom stereocenters. The van der Waals surface area contributed by atoms with E-state index in [0.29, 0.717) is 10.8 Å². The van der Waals surface area contributed by atoms with Crippen molar-refractivity contribution < 1.29 is 4.79 Å². The van der Waals surface area contributed by atoms with Gasteiger partial charge in [0, 0.05) is 19.7 Å². The zero-order valence-corrected chi connectivity index (χ0v) is 16.5. The van der Waals surface area contributed by atoms with E-state index in [1.807, 2.05) is 11.6 Å². The fourth-order valence-electron chi connectivity index (χ4n) is 3.26. The highest BCUT2D eigenvalue weighted by molar-refractivity contribution is 7.99. The summed E-state index contributed by atoms with van der Waals surface area (Å²) < 4.78 is 2.00. The first kappa shape index (κ1) is 19.2. The molecule has 2 aromatic rings. The summed E-state index contributed by atoms with van der Waals surface area (Å²) >= 11 is 7.17. The molecule has 2 aromatic heterocycles. The Bertz CT molecular complexity index is 728. The third kappa shape index (κ3) is 5.45. The van der Waals surface area contributed by atoms with E-state index in [9.17, 15) is 4.79 Å². The van der Waals surface area contributed by atoms with E-state index >= 15 is 0 Å². The molecule has 8 heteroatoms. The van der Waals surface area contributed by atoms with Crippen LogP contribution in [0, 0.1) is 5.92 Å². The molecule has 6 nitrogen and oxygen atoms in total. The Hall–Kier alpha value is -1.60. The van der Waals surface area contributed by atoms with Crippen molar-refractivity contribution >= 4 is 35.1 Å². The normalized spacial score (nSPS) is 15.2. The van der Waals surface area contributed by atoms with Crippen LogP contribution in [0.15, 0.2) is 23.5 Å². The molecule has 1 fully saturated rings. The molecule has 0 saturated heterocycles. The van der Waals surface area contributed by atoms with Gasteiger partial charge in [0.05, 0.1) is 10.8 Å². The van der Waals surface area contributed by atoms with Crippen molar-refractivity contribution in [3.8, 4) is 0 Å². The van der Waals surface area contributed by atoms with Gasteiger partial charge in [-0.15, -0.1) is 10.2 Å². The number of rotatable bonds is 7. The summed E-state index contributed by atoms with van der Waals surface area (Å²) in [4.78, 5) is 16.1. The quantitative estimate of drug-likeness (QED) is 0.716. The van der Waals surface area contributed by atoms with Crippen LogP contribution < -0.4 is 5.32 Å². The Morgan fingerprint density at radius 3 is 2.85 bits per heavy atom. The summed E-state index contributed by atoms with van der Waals surface area (Å²) in [5, 5.41) is 12.6. The van der Waals surface area contributed by atoms with Crippen LogP contribution in [0.2, 0.25) is 5.02 Å². The number of thioether (sulfide) groups is 1. The first-order valence-electron chi connectivity index (χ1n) is 9.04. The number of carbonyl (C=O) groups is 1. The highest BCUT2D eigenvalue weighted by Gasteiger charge is 2.16. The number of anilines is 1. The lowest BCUT2D eigenvalue weighted by molar-refractivity contribution is -0.113. The lowest BCUT2D eigenvalue weighted by Gasteiger charge is -2.20. The number of aryl methyl sites for hydroxylation is 1. The van der Waals surface area contributed by atoms with E-state index < -0.39 is 0 Å².